The predicted octanol–water partition coefficient (Wildman–Crippen LogP) is 0.672. The van der Waals surface area contributed by atoms with Gasteiger partial charge in [-0.05, 0) is 6.42 Å². The minimum atomic E-state index is -2.87. The van der Waals surface area contributed by atoms with Crippen LogP contribution in [0.1, 0.15) is 6.42 Å². The third kappa shape index (κ3) is 2.95. The third-order valence-electron chi connectivity index (χ3n) is 1.60. The molecule has 0 aromatic carbocycles. The number of carbonyl (C=O) groups is 1. The van der Waals surface area contributed by atoms with Crippen LogP contribution in [0.25, 0.3) is 0 Å². The van der Waals surface area contributed by atoms with Crippen LogP contribution in [-0.4, -0.2) is 36.2 Å². The molecule has 12 heavy (non-hydrogen) atoms. The topological polar surface area (TPSA) is 51.2 Å². The fourth-order valence-corrected chi connectivity index (χ4v) is 4.52. The molecule has 1 aliphatic heterocycles. The van der Waals surface area contributed by atoms with Crippen LogP contribution in [0.15, 0.2) is 0 Å². The largest absolute Gasteiger partial charge is 0.286 e. The zero-order valence-electron chi connectivity index (χ0n) is 6.32. The van der Waals surface area contributed by atoms with Crippen LogP contribution in [0.5, 0.6) is 0 Å². The van der Waals surface area contributed by atoms with Gasteiger partial charge < -0.3 is 0 Å². The van der Waals surface area contributed by atoms with Crippen LogP contribution in [0, 0.1) is 0 Å². The molecule has 0 spiro atoms. The lowest BCUT2D eigenvalue weighted by Gasteiger charge is -2.02. The quantitative estimate of drug-likeness (QED) is 0.652. The van der Waals surface area contributed by atoms with Crippen molar-refractivity contribution < 1.29 is 13.2 Å². The molecule has 3 nitrogen and oxygen atoms in total. The molecule has 1 fully saturated rings. The Morgan fingerprint density at radius 3 is 2.67 bits per heavy atom. The van der Waals surface area contributed by atoms with Gasteiger partial charge in [0, 0.05) is 5.25 Å². The average molecular weight is 229 g/mol. The van der Waals surface area contributed by atoms with Crippen molar-refractivity contribution in [2.24, 2.45) is 0 Å². The molecule has 1 unspecified atom stereocenters. The van der Waals surface area contributed by atoms with Crippen molar-refractivity contribution in [3.05, 3.63) is 0 Å². The van der Waals surface area contributed by atoms with Gasteiger partial charge in [-0.2, -0.15) is 0 Å². The Balaban J connectivity index is 2.43. The fourth-order valence-electron chi connectivity index (χ4n) is 1.07. The molecule has 1 heterocycles. The summed E-state index contributed by atoms with van der Waals surface area (Å²) in [4.78, 5) is 10.8. The summed E-state index contributed by atoms with van der Waals surface area (Å²) in [6.45, 7) is 0. The van der Waals surface area contributed by atoms with Gasteiger partial charge in [-0.3, -0.25) is 4.79 Å². The van der Waals surface area contributed by atoms with Crippen LogP contribution in [0.4, 0.5) is 0 Å². The van der Waals surface area contributed by atoms with Gasteiger partial charge in [0.1, 0.15) is 0 Å². The first-order valence-corrected chi connectivity index (χ1v) is 6.73. The maximum Gasteiger partial charge on any atom is 0.203 e. The summed E-state index contributed by atoms with van der Waals surface area (Å²) in [5.41, 5.74) is 0. The van der Waals surface area contributed by atoms with Crippen LogP contribution < -0.4 is 0 Å². The molecule has 0 aromatic rings. The van der Waals surface area contributed by atoms with Crippen LogP contribution in [0.3, 0.4) is 0 Å². The molecule has 0 amide bonds. The molecule has 70 valence electrons. The molecule has 1 aliphatic rings. The maximum absolute atomic E-state index is 11.0. The van der Waals surface area contributed by atoms with Crippen molar-refractivity contribution >= 4 is 38.3 Å². The van der Waals surface area contributed by atoms with Crippen LogP contribution in [0.2, 0.25) is 0 Å². The summed E-state index contributed by atoms with van der Waals surface area (Å²) in [5, 5.41) is -0.208. The Bertz CT molecular complexity index is 273. The number of alkyl halides is 1. The normalized spacial score (nSPS) is 27.2. The van der Waals surface area contributed by atoms with Crippen molar-refractivity contribution in [3.63, 3.8) is 0 Å². The number of halogens is 1. The highest BCUT2D eigenvalue weighted by Gasteiger charge is 2.29. The van der Waals surface area contributed by atoms with E-state index in [1.54, 1.807) is 0 Å². The van der Waals surface area contributed by atoms with Crippen molar-refractivity contribution in [3.8, 4) is 0 Å². The standard InChI is InChI=1S/C6H9ClO3S2/c7-3-6(8)11-5-1-2-12(9,10)4-5/h5H,1-4H2. The molecule has 1 rings (SSSR count). The number of sulfone groups is 1. The van der Waals surface area contributed by atoms with E-state index in [0.717, 1.165) is 11.8 Å². The van der Waals surface area contributed by atoms with E-state index in [2.05, 4.69) is 0 Å². The van der Waals surface area contributed by atoms with Crippen molar-refractivity contribution in [1.82, 2.24) is 0 Å². The molecular formula is C6H9ClO3S2. The van der Waals surface area contributed by atoms with Gasteiger partial charge in [-0.25, -0.2) is 8.42 Å². The molecule has 1 atom stereocenters. The Hall–Kier alpha value is 0.260. The van der Waals surface area contributed by atoms with Gasteiger partial charge in [0.25, 0.3) is 0 Å². The van der Waals surface area contributed by atoms with Gasteiger partial charge >= 0.3 is 0 Å². The highest BCUT2D eigenvalue weighted by molar-refractivity contribution is 8.15. The van der Waals surface area contributed by atoms with Crippen molar-refractivity contribution in [2.75, 3.05) is 17.4 Å². The molecule has 0 N–H and O–H groups in total. The van der Waals surface area contributed by atoms with E-state index in [1.165, 1.54) is 0 Å². The average Bonchev–Trinajstić information content (AvgIpc) is 2.30. The van der Waals surface area contributed by atoms with Crippen LogP contribution >= 0.6 is 23.4 Å². The molecule has 1 saturated heterocycles. The number of carbonyl (C=O) groups excluding carboxylic acids is 1. The summed E-state index contributed by atoms with van der Waals surface area (Å²) in [7, 11) is -2.87. The molecule has 6 heteroatoms. The lowest BCUT2D eigenvalue weighted by molar-refractivity contribution is -0.108. The third-order valence-corrected chi connectivity index (χ3v) is 5.12. The number of hydrogen-bond donors (Lipinski definition) is 0. The van der Waals surface area contributed by atoms with E-state index in [-0.39, 0.29) is 27.8 Å². The second kappa shape index (κ2) is 3.98. The SMILES string of the molecule is O=C(CCl)SC1CCS(=O)(=O)C1. The highest BCUT2D eigenvalue weighted by Crippen LogP contribution is 2.24. The van der Waals surface area contributed by atoms with Crippen molar-refractivity contribution in [2.45, 2.75) is 11.7 Å². The predicted molar refractivity (Wildman–Crippen MR) is 50.4 cm³/mol. The number of hydrogen-bond acceptors (Lipinski definition) is 4. The minimum absolute atomic E-state index is 0.0405. The molecular weight excluding hydrogens is 220 g/mol. The lowest BCUT2D eigenvalue weighted by atomic mass is 10.4. The summed E-state index contributed by atoms with van der Waals surface area (Å²) >= 11 is 6.34. The summed E-state index contributed by atoms with van der Waals surface area (Å²) in [6, 6.07) is 0. The number of rotatable bonds is 2. The first kappa shape index (κ1) is 10.3. The first-order valence-electron chi connectivity index (χ1n) is 3.49. The first-order chi connectivity index (χ1) is 5.53. The van der Waals surface area contributed by atoms with E-state index in [9.17, 15) is 13.2 Å². The Labute approximate surface area is 80.8 Å². The Morgan fingerprint density at radius 2 is 2.25 bits per heavy atom. The van der Waals surface area contributed by atoms with Crippen LogP contribution in [-0.2, 0) is 14.6 Å². The maximum atomic E-state index is 11.0. The zero-order chi connectivity index (χ0) is 9.19. The van der Waals surface area contributed by atoms with Crippen molar-refractivity contribution in [1.29, 1.82) is 0 Å². The lowest BCUT2D eigenvalue weighted by Crippen LogP contribution is -2.09. The van der Waals surface area contributed by atoms with Gasteiger partial charge in [0.2, 0.25) is 5.12 Å². The van der Waals surface area contributed by atoms with E-state index in [4.69, 9.17) is 11.6 Å². The minimum Gasteiger partial charge on any atom is -0.286 e. The van der Waals surface area contributed by atoms with Gasteiger partial charge in [0.15, 0.2) is 9.84 Å². The Morgan fingerprint density at radius 1 is 1.58 bits per heavy atom. The van der Waals surface area contributed by atoms with E-state index < -0.39 is 9.84 Å². The number of thioether (sulfide) groups is 1. The molecule has 0 saturated carbocycles. The molecule has 0 aliphatic carbocycles. The second-order valence-corrected chi connectivity index (χ2v) is 6.50. The molecule has 0 aromatic heterocycles. The Kier molecular flexibility index (Phi) is 3.43. The fraction of sp³-hybridized carbons (Fsp3) is 0.833. The van der Waals surface area contributed by atoms with Gasteiger partial charge in [-0.1, -0.05) is 11.8 Å². The second-order valence-electron chi connectivity index (χ2n) is 2.65. The summed E-state index contributed by atoms with van der Waals surface area (Å²) in [6.07, 6.45) is 0.579. The van der Waals surface area contributed by atoms with E-state index in [0.29, 0.717) is 6.42 Å². The van der Waals surface area contributed by atoms with E-state index >= 15 is 0 Å². The zero-order valence-corrected chi connectivity index (χ0v) is 8.71. The summed E-state index contributed by atoms with van der Waals surface area (Å²) in [5.74, 6) is 0.293. The van der Waals surface area contributed by atoms with Gasteiger partial charge in [-0.15, -0.1) is 11.6 Å². The summed E-state index contributed by atoms with van der Waals surface area (Å²) < 4.78 is 21.9. The molecule has 0 bridgehead atoms. The monoisotopic (exact) mass is 228 g/mol. The van der Waals surface area contributed by atoms with E-state index in [1.807, 2.05) is 0 Å². The molecule has 0 radical (unpaired) electrons. The smallest absolute Gasteiger partial charge is 0.203 e. The van der Waals surface area contributed by atoms with Gasteiger partial charge in [0.05, 0.1) is 17.4 Å². The highest BCUT2D eigenvalue weighted by atomic mass is 35.5.